The predicted octanol–water partition coefficient (Wildman–Crippen LogP) is 2.95. The van der Waals surface area contributed by atoms with Gasteiger partial charge in [0.15, 0.2) is 0 Å². The van der Waals surface area contributed by atoms with Crippen LogP contribution in [0, 0.1) is 5.41 Å². The molecule has 0 radical (unpaired) electrons. The predicted molar refractivity (Wildman–Crippen MR) is 76.1 cm³/mol. The molecule has 0 amide bonds. The van der Waals surface area contributed by atoms with Crippen LogP contribution in [0.1, 0.15) is 37.2 Å². The zero-order chi connectivity index (χ0) is 13.3. The van der Waals surface area contributed by atoms with E-state index < -0.39 is 0 Å². The Bertz CT molecular complexity index is 444. The Morgan fingerprint density at radius 2 is 1.84 bits per heavy atom. The average molecular weight is 261 g/mol. The highest BCUT2D eigenvalue weighted by molar-refractivity contribution is 5.43. The van der Waals surface area contributed by atoms with Crippen LogP contribution in [0.5, 0.6) is 11.5 Å². The number of hydrogen-bond donors (Lipinski definition) is 1. The number of ether oxygens (including phenoxy) is 2. The monoisotopic (exact) mass is 261 g/mol. The second-order valence-corrected chi connectivity index (χ2v) is 5.99. The molecular weight excluding hydrogens is 238 g/mol. The van der Waals surface area contributed by atoms with Crippen molar-refractivity contribution in [3.63, 3.8) is 0 Å². The van der Waals surface area contributed by atoms with Gasteiger partial charge < -0.3 is 14.8 Å². The third-order valence-electron chi connectivity index (χ3n) is 4.93. The maximum atomic E-state index is 5.54. The second-order valence-electron chi connectivity index (χ2n) is 5.99. The van der Waals surface area contributed by atoms with Gasteiger partial charge in [0.2, 0.25) is 0 Å². The van der Waals surface area contributed by atoms with Crippen LogP contribution in [0.25, 0.3) is 0 Å². The molecular formula is C16H23NO2. The molecule has 1 spiro atoms. The summed E-state index contributed by atoms with van der Waals surface area (Å²) < 4.78 is 10.8. The minimum absolute atomic E-state index is 0.621. The molecule has 104 valence electrons. The lowest BCUT2D eigenvalue weighted by atomic mass is 9.66. The first-order valence-electron chi connectivity index (χ1n) is 7.19. The summed E-state index contributed by atoms with van der Waals surface area (Å²) in [6, 6.07) is 6.23. The van der Waals surface area contributed by atoms with Crippen molar-refractivity contribution < 1.29 is 9.47 Å². The molecule has 1 aromatic rings. The largest absolute Gasteiger partial charge is 0.497 e. The lowest BCUT2D eigenvalue weighted by Gasteiger charge is -2.47. The summed E-state index contributed by atoms with van der Waals surface area (Å²) in [4.78, 5) is 0. The molecule has 1 aromatic carbocycles. The molecule has 0 unspecified atom stereocenters. The molecule has 1 saturated heterocycles. The topological polar surface area (TPSA) is 30.5 Å². The van der Waals surface area contributed by atoms with Crippen LogP contribution >= 0.6 is 0 Å². The van der Waals surface area contributed by atoms with Crippen LogP contribution in [0.15, 0.2) is 18.2 Å². The summed E-state index contributed by atoms with van der Waals surface area (Å²) in [6.07, 6.45) is 5.26. The van der Waals surface area contributed by atoms with E-state index in [0.717, 1.165) is 11.5 Å². The van der Waals surface area contributed by atoms with E-state index in [2.05, 4.69) is 11.4 Å². The van der Waals surface area contributed by atoms with E-state index >= 15 is 0 Å². The molecule has 0 bridgehead atoms. The molecule has 1 heterocycles. The van der Waals surface area contributed by atoms with Gasteiger partial charge in [0.1, 0.15) is 11.5 Å². The minimum Gasteiger partial charge on any atom is -0.497 e. The van der Waals surface area contributed by atoms with Gasteiger partial charge in [-0.1, -0.05) is 6.07 Å². The van der Waals surface area contributed by atoms with E-state index in [1.165, 1.54) is 44.3 Å². The van der Waals surface area contributed by atoms with Gasteiger partial charge in [-0.15, -0.1) is 0 Å². The highest BCUT2D eigenvalue weighted by Gasteiger charge is 2.40. The number of methoxy groups -OCH3 is 2. The molecule has 1 N–H and O–H groups in total. The van der Waals surface area contributed by atoms with E-state index in [-0.39, 0.29) is 0 Å². The van der Waals surface area contributed by atoms with Gasteiger partial charge >= 0.3 is 0 Å². The van der Waals surface area contributed by atoms with Crippen molar-refractivity contribution in [1.29, 1.82) is 0 Å². The minimum atomic E-state index is 0.621. The molecule has 2 aliphatic rings. The third kappa shape index (κ3) is 2.32. The van der Waals surface area contributed by atoms with E-state index in [0.29, 0.717) is 11.3 Å². The Morgan fingerprint density at radius 3 is 2.37 bits per heavy atom. The maximum absolute atomic E-state index is 5.54. The highest BCUT2D eigenvalue weighted by atomic mass is 16.5. The zero-order valence-corrected chi connectivity index (χ0v) is 11.9. The molecule has 1 aliphatic heterocycles. The van der Waals surface area contributed by atoms with Gasteiger partial charge in [-0.05, 0) is 48.6 Å². The molecule has 19 heavy (non-hydrogen) atoms. The van der Waals surface area contributed by atoms with Gasteiger partial charge in [-0.25, -0.2) is 0 Å². The van der Waals surface area contributed by atoms with Crippen molar-refractivity contribution in [3.8, 4) is 11.5 Å². The first-order valence-corrected chi connectivity index (χ1v) is 7.19. The third-order valence-corrected chi connectivity index (χ3v) is 4.93. The van der Waals surface area contributed by atoms with Gasteiger partial charge in [-0.2, -0.15) is 0 Å². The fourth-order valence-corrected chi connectivity index (χ4v) is 3.53. The average Bonchev–Trinajstić information content (AvgIpc) is 2.45. The van der Waals surface area contributed by atoms with Crippen molar-refractivity contribution in [2.75, 3.05) is 27.3 Å². The standard InChI is InChI=1S/C16H23NO2/c1-18-13-3-4-14(15(9-13)19-2)12-5-7-16(8-6-12)10-17-11-16/h3-4,9,12,17H,5-8,10-11H2,1-2H3. The lowest BCUT2D eigenvalue weighted by molar-refractivity contribution is 0.0970. The molecule has 0 atom stereocenters. The van der Waals surface area contributed by atoms with Gasteiger partial charge in [0.05, 0.1) is 14.2 Å². The molecule has 3 heteroatoms. The Morgan fingerprint density at radius 1 is 1.11 bits per heavy atom. The van der Waals surface area contributed by atoms with Crippen LogP contribution in [-0.2, 0) is 0 Å². The van der Waals surface area contributed by atoms with Crippen LogP contribution in [0.4, 0.5) is 0 Å². The molecule has 1 aliphatic carbocycles. The van der Waals surface area contributed by atoms with Gasteiger partial charge in [0.25, 0.3) is 0 Å². The Hall–Kier alpha value is -1.22. The fraction of sp³-hybridized carbons (Fsp3) is 0.625. The smallest absolute Gasteiger partial charge is 0.126 e. The van der Waals surface area contributed by atoms with Gasteiger partial charge in [-0.3, -0.25) is 0 Å². The number of nitrogens with one attached hydrogen (secondary N) is 1. The molecule has 3 nitrogen and oxygen atoms in total. The Balaban J connectivity index is 1.75. The normalized spacial score (nSPS) is 22.0. The zero-order valence-electron chi connectivity index (χ0n) is 11.9. The first-order chi connectivity index (χ1) is 9.26. The van der Waals surface area contributed by atoms with E-state index in [1.54, 1.807) is 14.2 Å². The summed E-state index contributed by atoms with van der Waals surface area (Å²) >= 11 is 0. The summed E-state index contributed by atoms with van der Waals surface area (Å²) in [5, 5.41) is 3.42. The first kappa shape index (κ1) is 12.8. The fourth-order valence-electron chi connectivity index (χ4n) is 3.53. The van der Waals surface area contributed by atoms with E-state index in [1.807, 2.05) is 12.1 Å². The van der Waals surface area contributed by atoms with Crippen molar-refractivity contribution in [2.24, 2.45) is 5.41 Å². The van der Waals surface area contributed by atoms with Crippen LogP contribution < -0.4 is 14.8 Å². The van der Waals surface area contributed by atoms with Gasteiger partial charge in [0, 0.05) is 19.2 Å². The SMILES string of the molecule is COc1ccc(C2CCC3(CC2)CNC3)c(OC)c1. The van der Waals surface area contributed by atoms with Crippen LogP contribution in [0.3, 0.4) is 0 Å². The lowest BCUT2D eigenvalue weighted by Crippen LogP contribution is -2.54. The van der Waals surface area contributed by atoms with Crippen LogP contribution in [0.2, 0.25) is 0 Å². The molecule has 2 fully saturated rings. The molecule has 3 rings (SSSR count). The summed E-state index contributed by atoms with van der Waals surface area (Å²) in [5.41, 5.74) is 1.97. The quantitative estimate of drug-likeness (QED) is 0.907. The van der Waals surface area contributed by atoms with E-state index in [9.17, 15) is 0 Å². The summed E-state index contributed by atoms with van der Waals surface area (Å²) in [5.74, 6) is 2.50. The van der Waals surface area contributed by atoms with Crippen molar-refractivity contribution in [1.82, 2.24) is 5.32 Å². The molecule has 1 saturated carbocycles. The number of hydrogen-bond acceptors (Lipinski definition) is 3. The molecule has 0 aromatic heterocycles. The van der Waals surface area contributed by atoms with Crippen molar-refractivity contribution in [3.05, 3.63) is 23.8 Å². The number of benzene rings is 1. The summed E-state index contributed by atoms with van der Waals surface area (Å²) in [6.45, 7) is 2.44. The number of rotatable bonds is 3. The van der Waals surface area contributed by atoms with E-state index in [4.69, 9.17) is 9.47 Å². The van der Waals surface area contributed by atoms with Crippen molar-refractivity contribution in [2.45, 2.75) is 31.6 Å². The van der Waals surface area contributed by atoms with Crippen molar-refractivity contribution >= 4 is 0 Å². The maximum Gasteiger partial charge on any atom is 0.126 e. The second kappa shape index (κ2) is 5.04. The Kier molecular flexibility index (Phi) is 3.40. The van der Waals surface area contributed by atoms with Crippen LogP contribution in [-0.4, -0.2) is 27.3 Å². The highest BCUT2D eigenvalue weighted by Crippen LogP contribution is 2.47. The Labute approximate surface area is 115 Å². The summed E-state index contributed by atoms with van der Waals surface area (Å²) in [7, 11) is 3.45.